The van der Waals surface area contributed by atoms with Gasteiger partial charge in [-0.1, -0.05) is 6.92 Å². The molecule has 8 nitrogen and oxygen atoms in total. The van der Waals surface area contributed by atoms with Crippen LogP contribution < -0.4 is 22.2 Å². The maximum absolute atomic E-state index is 6.53. The molecule has 6 N–H and O–H groups in total. The Morgan fingerprint density at radius 2 is 2.32 bits per heavy atom. The zero-order valence-corrected chi connectivity index (χ0v) is 19.9. The Labute approximate surface area is 189 Å². The average Bonchev–Trinajstić information content (AvgIpc) is 3.32. The van der Waals surface area contributed by atoms with Gasteiger partial charge in [-0.25, -0.2) is 10.8 Å². The zero-order valence-electron chi connectivity index (χ0n) is 19.1. The van der Waals surface area contributed by atoms with E-state index in [4.69, 9.17) is 16.6 Å². The molecule has 1 saturated heterocycles. The van der Waals surface area contributed by atoms with Crippen molar-refractivity contribution in [3.63, 3.8) is 0 Å². The first-order valence-electron chi connectivity index (χ1n) is 11.0. The normalized spacial score (nSPS) is 18.8. The summed E-state index contributed by atoms with van der Waals surface area (Å²) in [4.78, 5) is 4.77. The Morgan fingerprint density at radius 1 is 1.52 bits per heavy atom. The molecule has 0 aromatic carbocycles. The highest BCUT2D eigenvalue weighted by atomic mass is 32.1. The number of rotatable bonds is 9. The summed E-state index contributed by atoms with van der Waals surface area (Å²) in [6.45, 7) is 8.36. The van der Waals surface area contributed by atoms with Gasteiger partial charge in [0, 0.05) is 25.1 Å². The van der Waals surface area contributed by atoms with Crippen LogP contribution in [-0.4, -0.2) is 39.1 Å². The van der Waals surface area contributed by atoms with Crippen molar-refractivity contribution in [1.82, 2.24) is 24.3 Å². The Bertz CT molecular complexity index is 905. The van der Waals surface area contributed by atoms with E-state index < -0.39 is 0 Å². The highest BCUT2D eigenvalue weighted by Crippen LogP contribution is 2.28. The van der Waals surface area contributed by atoms with Gasteiger partial charge in [0.1, 0.15) is 10.8 Å². The third kappa shape index (κ3) is 6.32. The van der Waals surface area contributed by atoms with E-state index in [-0.39, 0.29) is 6.04 Å². The molecule has 3 rings (SSSR count). The first-order valence-corrected chi connectivity index (χ1v) is 11.8. The number of anilines is 1. The lowest BCUT2D eigenvalue weighted by Crippen LogP contribution is -2.30. The molecule has 1 aliphatic heterocycles. The molecule has 3 heterocycles. The Morgan fingerprint density at radius 3 is 2.94 bits per heavy atom. The van der Waals surface area contributed by atoms with Gasteiger partial charge >= 0.3 is 0 Å². The van der Waals surface area contributed by atoms with E-state index in [0.29, 0.717) is 5.92 Å². The standard InChI is InChI=1S/C22H36N8S/c1-5-18(13-29(4)24)20-12-26-22(16(3)27-21-9-15(2)28-31-21)30(20)14-19(23)10-17-7-6-8-25-11-17/h9,12-14,16-17,25,27H,5-8,10-11,23-24H2,1-4H3/b18-13+,19-14-. The van der Waals surface area contributed by atoms with Gasteiger partial charge in [0.05, 0.1) is 23.6 Å². The van der Waals surface area contributed by atoms with Crippen molar-refractivity contribution in [1.29, 1.82) is 0 Å². The molecule has 1 fully saturated rings. The second kappa shape index (κ2) is 10.8. The smallest absolute Gasteiger partial charge is 0.135 e. The number of nitrogens with zero attached hydrogens (tertiary/aromatic N) is 4. The first kappa shape index (κ1) is 23.3. The molecular weight excluding hydrogens is 408 g/mol. The van der Waals surface area contributed by atoms with Crippen molar-refractivity contribution in [2.75, 3.05) is 25.5 Å². The fourth-order valence-electron chi connectivity index (χ4n) is 4.01. The summed E-state index contributed by atoms with van der Waals surface area (Å²) in [5.74, 6) is 7.40. The number of hydrogen-bond donors (Lipinski definition) is 4. The lowest BCUT2D eigenvalue weighted by Gasteiger charge is -2.23. The Balaban J connectivity index is 1.93. The number of aromatic nitrogens is 3. The van der Waals surface area contributed by atoms with Gasteiger partial charge in [0.15, 0.2) is 0 Å². The Kier molecular flexibility index (Phi) is 8.11. The maximum Gasteiger partial charge on any atom is 0.135 e. The van der Waals surface area contributed by atoms with Crippen LogP contribution in [0.4, 0.5) is 5.00 Å². The number of imidazole rings is 1. The minimum Gasteiger partial charge on any atom is -0.401 e. The molecule has 2 unspecified atom stereocenters. The van der Waals surface area contributed by atoms with E-state index in [0.717, 1.165) is 59.4 Å². The number of hydrazine groups is 1. The van der Waals surface area contributed by atoms with Crippen LogP contribution in [0.3, 0.4) is 0 Å². The molecule has 170 valence electrons. The highest BCUT2D eigenvalue weighted by Gasteiger charge is 2.19. The van der Waals surface area contributed by atoms with E-state index in [9.17, 15) is 0 Å². The predicted octanol–water partition coefficient (Wildman–Crippen LogP) is 3.52. The van der Waals surface area contributed by atoms with Crippen LogP contribution in [0.2, 0.25) is 0 Å². The highest BCUT2D eigenvalue weighted by molar-refractivity contribution is 7.10. The van der Waals surface area contributed by atoms with Gasteiger partial charge < -0.3 is 21.4 Å². The topological polar surface area (TPSA) is 110 Å². The summed E-state index contributed by atoms with van der Waals surface area (Å²) in [5.41, 5.74) is 10.5. The van der Waals surface area contributed by atoms with Crippen molar-refractivity contribution in [2.24, 2.45) is 17.5 Å². The molecule has 0 radical (unpaired) electrons. The number of allylic oxidation sites excluding steroid dienone is 2. The minimum atomic E-state index is -0.0114. The van der Waals surface area contributed by atoms with Crippen molar-refractivity contribution in [2.45, 2.75) is 52.5 Å². The van der Waals surface area contributed by atoms with Gasteiger partial charge in [-0.15, -0.1) is 0 Å². The molecule has 2 atom stereocenters. The quantitative estimate of drug-likeness (QED) is 0.346. The monoisotopic (exact) mass is 444 g/mol. The van der Waals surface area contributed by atoms with Crippen LogP contribution in [0.5, 0.6) is 0 Å². The van der Waals surface area contributed by atoms with Crippen molar-refractivity contribution in [3.05, 3.63) is 41.4 Å². The van der Waals surface area contributed by atoms with E-state index in [1.807, 2.05) is 32.6 Å². The van der Waals surface area contributed by atoms with Crippen LogP contribution in [0, 0.1) is 12.8 Å². The van der Waals surface area contributed by atoms with Crippen LogP contribution in [0.25, 0.3) is 11.8 Å². The van der Waals surface area contributed by atoms with E-state index in [1.54, 1.807) is 5.01 Å². The molecule has 9 heteroatoms. The molecule has 0 bridgehead atoms. The van der Waals surface area contributed by atoms with Crippen molar-refractivity contribution in [3.8, 4) is 0 Å². The molecule has 1 aliphatic rings. The van der Waals surface area contributed by atoms with Crippen LogP contribution >= 0.6 is 11.5 Å². The molecule has 0 amide bonds. The van der Waals surface area contributed by atoms with E-state index >= 15 is 0 Å². The Hall–Kier alpha value is -2.36. The number of nitrogens with one attached hydrogen (secondary N) is 2. The SMILES string of the molecule is CC/C(=C\N(C)N)c1cnc(C(C)Nc2cc(C)ns2)n1/C=C(\N)CC1CCCNC1. The molecule has 2 aromatic heterocycles. The van der Waals surface area contributed by atoms with Gasteiger partial charge in [0.2, 0.25) is 0 Å². The predicted molar refractivity (Wildman–Crippen MR) is 130 cm³/mol. The minimum absolute atomic E-state index is 0.0114. The van der Waals surface area contributed by atoms with Crippen molar-refractivity contribution >= 4 is 28.3 Å². The summed E-state index contributed by atoms with van der Waals surface area (Å²) in [7, 11) is 1.83. The lowest BCUT2D eigenvalue weighted by atomic mass is 9.95. The molecule has 0 aliphatic carbocycles. The summed E-state index contributed by atoms with van der Waals surface area (Å²) in [6, 6.07) is 2.04. The molecule has 2 aromatic rings. The van der Waals surface area contributed by atoms with Gasteiger partial charge in [-0.2, -0.15) is 4.37 Å². The van der Waals surface area contributed by atoms with Crippen LogP contribution in [0.15, 0.2) is 24.2 Å². The third-order valence-corrected chi connectivity index (χ3v) is 6.30. The molecule has 0 saturated carbocycles. The molecule has 0 spiro atoms. The van der Waals surface area contributed by atoms with Crippen LogP contribution in [-0.2, 0) is 0 Å². The lowest BCUT2D eigenvalue weighted by molar-refractivity contribution is 0.375. The third-order valence-electron chi connectivity index (χ3n) is 5.49. The van der Waals surface area contributed by atoms with Gasteiger partial charge in [-0.05, 0) is 81.7 Å². The fourth-order valence-corrected chi connectivity index (χ4v) is 4.76. The van der Waals surface area contributed by atoms with E-state index in [2.05, 4.69) is 39.5 Å². The van der Waals surface area contributed by atoms with E-state index in [1.165, 1.54) is 24.4 Å². The second-order valence-electron chi connectivity index (χ2n) is 8.36. The average molecular weight is 445 g/mol. The summed E-state index contributed by atoms with van der Waals surface area (Å²) in [5, 5.41) is 9.61. The first-order chi connectivity index (χ1) is 14.9. The van der Waals surface area contributed by atoms with Crippen LogP contribution in [0.1, 0.15) is 62.8 Å². The van der Waals surface area contributed by atoms with Crippen molar-refractivity contribution < 1.29 is 0 Å². The summed E-state index contributed by atoms with van der Waals surface area (Å²) in [6.07, 6.45) is 10.0. The number of nitrogens with two attached hydrogens (primary N) is 2. The molecule has 31 heavy (non-hydrogen) atoms. The zero-order chi connectivity index (χ0) is 22.4. The fraction of sp³-hybridized carbons (Fsp3) is 0.545. The maximum atomic E-state index is 6.53. The molecular formula is C22H36N8S. The second-order valence-corrected chi connectivity index (χ2v) is 9.17. The summed E-state index contributed by atoms with van der Waals surface area (Å²) < 4.78 is 6.49. The number of piperidine rings is 1. The summed E-state index contributed by atoms with van der Waals surface area (Å²) >= 11 is 1.46. The van der Waals surface area contributed by atoms with Gasteiger partial charge in [-0.3, -0.25) is 4.57 Å². The number of hydrogen-bond acceptors (Lipinski definition) is 8. The van der Waals surface area contributed by atoms with Gasteiger partial charge in [0.25, 0.3) is 0 Å². The number of aryl methyl sites for hydroxylation is 1. The largest absolute Gasteiger partial charge is 0.401 e.